The quantitative estimate of drug-likeness (QED) is 0.163. The summed E-state index contributed by atoms with van der Waals surface area (Å²) in [5.74, 6) is -0.423. The minimum absolute atomic E-state index is 0.00182. The molecule has 4 aromatic carbocycles. The normalized spacial score (nSPS) is 14.7. The molecule has 8 heteroatoms. The van der Waals surface area contributed by atoms with Crippen molar-refractivity contribution >= 4 is 41.1 Å². The van der Waals surface area contributed by atoms with Gasteiger partial charge in [-0.1, -0.05) is 114 Å². The summed E-state index contributed by atoms with van der Waals surface area (Å²) >= 11 is 12.4. The average Bonchev–Trinajstić information content (AvgIpc) is 3.07. The fraction of sp³-hybridized carbons (Fsp3) is 0.263. The molecule has 4 aromatic rings. The van der Waals surface area contributed by atoms with Gasteiger partial charge in [-0.15, -0.1) is 0 Å². The van der Waals surface area contributed by atoms with Crippen LogP contribution in [0.3, 0.4) is 0 Å². The molecule has 1 unspecified atom stereocenters. The first-order valence-electron chi connectivity index (χ1n) is 15.6. The van der Waals surface area contributed by atoms with Crippen molar-refractivity contribution in [2.24, 2.45) is 0 Å². The Morgan fingerprint density at radius 2 is 1.43 bits per heavy atom. The summed E-state index contributed by atoms with van der Waals surface area (Å²) in [6.07, 6.45) is 3.81. The van der Waals surface area contributed by atoms with Crippen molar-refractivity contribution in [3.8, 4) is 11.1 Å². The number of nitrogens with zero attached hydrogens (tertiary/aromatic N) is 2. The third-order valence-electron chi connectivity index (χ3n) is 8.30. The molecule has 1 heterocycles. The molecular weight excluding hydrogens is 617 g/mol. The van der Waals surface area contributed by atoms with E-state index in [2.05, 4.69) is 46.6 Å². The van der Waals surface area contributed by atoms with Crippen LogP contribution in [0, 0.1) is 0 Å². The van der Waals surface area contributed by atoms with Crippen molar-refractivity contribution in [1.29, 1.82) is 0 Å². The first-order chi connectivity index (χ1) is 22.4. The topological polar surface area (TPSA) is 72.9 Å². The second-order valence-corrected chi connectivity index (χ2v) is 12.5. The molecule has 46 heavy (non-hydrogen) atoms. The van der Waals surface area contributed by atoms with Gasteiger partial charge >= 0.3 is 0 Å². The third-order valence-corrected chi connectivity index (χ3v) is 8.96. The van der Waals surface area contributed by atoms with E-state index in [0.29, 0.717) is 15.6 Å². The Balaban J connectivity index is 1.21. The van der Waals surface area contributed by atoms with Gasteiger partial charge in [0.05, 0.1) is 12.5 Å². The summed E-state index contributed by atoms with van der Waals surface area (Å²) in [6, 6.07) is 33.7. The van der Waals surface area contributed by atoms with Crippen LogP contribution in [0.25, 0.3) is 17.2 Å². The summed E-state index contributed by atoms with van der Waals surface area (Å²) in [5, 5.41) is 14.6. The lowest BCUT2D eigenvalue weighted by Crippen LogP contribution is -2.51. The lowest BCUT2D eigenvalue weighted by molar-refractivity contribution is -0.135. The highest BCUT2D eigenvalue weighted by Gasteiger charge is 2.29. The van der Waals surface area contributed by atoms with E-state index in [-0.39, 0.29) is 37.4 Å². The molecule has 238 valence electrons. The van der Waals surface area contributed by atoms with Crippen LogP contribution in [0.4, 0.5) is 0 Å². The Kier molecular flexibility index (Phi) is 12.0. The number of likely N-dealkylation sites (tertiary alicyclic amines) is 1. The number of aliphatic hydroxyl groups is 1. The molecule has 1 fully saturated rings. The highest BCUT2D eigenvalue weighted by atomic mass is 35.5. The van der Waals surface area contributed by atoms with E-state index in [1.807, 2.05) is 53.4 Å². The molecular formula is C38H39Cl2N3O3. The number of piperidine rings is 1. The van der Waals surface area contributed by atoms with E-state index in [0.717, 1.165) is 49.2 Å². The van der Waals surface area contributed by atoms with Crippen LogP contribution >= 0.6 is 23.2 Å². The van der Waals surface area contributed by atoms with Gasteiger partial charge in [-0.25, -0.2) is 0 Å². The SMILES string of the molecule is O=C(/C=C/c1c(Cl)cccc1Cl)NCC(O)CN(C(=O)Cc1ccc(-c2ccccc2)cc1)C1CCN(Cc2ccccc2)CC1. The van der Waals surface area contributed by atoms with Gasteiger partial charge in [0.2, 0.25) is 11.8 Å². The molecule has 1 atom stereocenters. The van der Waals surface area contributed by atoms with Gasteiger partial charge in [0.25, 0.3) is 0 Å². The molecule has 0 radical (unpaired) electrons. The number of carbonyl (C=O) groups is 2. The standard InChI is InChI=1S/C38H39Cl2N3O3/c39-35-12-7-13-36(40)34(35)18-19-37(45)41-25-33(44)27-43(32-20-22-42(23-21-32)26-29-8-3-1-4-9-29)38(46)24-28-14-16-31(17-15-28)30-10-5-2-6-11-30/h1-19,32-33,44H,20-27H2,(H,41,45)/b19-18+. The van der Waals surface area contributed by atoms with Gasteiger partial charge in [-0.05, 0) is 53.3 Å². The molecule has 1 aliphatic heterocycles. The van der Waals surface area contributed by atoms with Crippen LogP contribution in [-0.4, -0.2) is 65.0 Å². The highest BCUT2D eigenvalue weighted by Crippen LogP contribution is 2.26. The fourth-order valence-corrected chi connectivity index (χ4v) is 6.33. The zero-order valence-electron chi connectivity index (χ0n) is 25.7. The lowest BCUT2D eigenvalue weighted by atomic mass is 9.99. The minimum Gasteiger partial charge on any atom is -0.389 e. The largest absolute Gasteiger partial charge is 0.389 e. The minimum atomic E-state index is -0.937. The predicted molar refractivity (Wildman–Crippen MR) is 187 cm³/mol. The predicted octanol–water partition coefficient (Wildman–Crippen LogP) is 6.89. The molecule has 1 aliphatic rings. The molecule has 2 N–H and O–H groups in total. The van der Waals surface area contributed by atoms with Crippen LogP contribution in [-0.2, 0) is 22.6 Å². The fourth-order valence-electron chi connectivity index (χ4n) is 5.80. The molecule has 0 bridgehead atoms. The van der Waals surface area contributed by atoms with Crippen LogP contribution in [0.15, 0.2) is 109 Å². The van der Waals surface area contributed by atoms with Crippen molar-refractivity contribution in [3.63, 3.8) is 0 Å². The maximum atomic E-state index is 13.8. The summed E-state index contributed by atoms with van der Waals surface area (Å²) in [4.78, 5) is 30.6. The number of nitrogens with one attached hydrogen (secondary N) is 1. The van der Waals surface area contributed by atoms with Crippen LogP contribution in [0.5, 0.6) is 0 Å². The summed E-state index contributed by atoms with van der Waals surface area (Å²) in [5.41, 5.74) is 4.96. The Bertz CT molecular complexity index is 1590. The number of hydrogen-bond donors (Lipinski definition) is 2. The van der Waals surface area contributed by atoms with Gasteiger partial charge in [0, 0.05) is 60.5 Å². The lowest BCUT2D eigenvalue weighted by Gasteiger charge is -2.39. The zero-order chi connectivity index (χ0) is 32.3. The van der Waals surface area contributed by atoms with Crippen molar-refractivity contribution in [3.05, 3.63) is 136 Å². The Labute approximate surface area is 281 Å². The molecule has 1 saturated heterocycles. The van der Waals surface area contributed by atoms with Crippen molar-refractivity contribution < 1.29 is 14.7 Å². The summed E-state index contributed by atoms with van der Waals surface area (Å²) < 4.78 is 0. The number of aliphatic hydroxyl groups excluding tert-OH is 1. The van der Waals surface area contributed by atoms with Gasteiger partial charge in [-0.2, -0.15) is 0 Å². The van der Waals surface area contributed by atoms with Gasteiger partial charge in [0.15, 0.2) is 0 Å². The number of benzene rings is 4. The third kappa shape index (κ3) is 9.54. The molecule has 6 nitrogen and oxygen atoms in total. The Morgan fingerprint density at radius 1 is 0.826 bits per heavy atom. The number of rotatable bonds is 12. The van der Waals surface area contributed by atoms with Gasteiger partial charge in [0.1, 0.15) is 0 Å². The van der Waals surface area contributed by atoms with E-state index >= 15 is 0 Å². The zero-order valence-corrected chi connectivity index (χ0v) is 27.2. The van der Waals surface area contributed by atoms with Crippen molar-refractivity contribution in [2.45, 2.75) is 38.0 Å². The van der Waals surface area contributed by atoms with Gasteiger partial charge in [-0.3, -0.25) is 14.5 Å². The second-order valence-electron chi connectivity index (χ2n) is 11.6. The molecule has 0 spiro atoms. The number of carbonyl (C=O) groups excluding carboxylic acids is 2. The molecule has 0 aromatic heterocycles. The van der Waals surface area contributed by atoms with E-state index in [4.69, 9.17) is 23.2 Å². The summed E-state index contributed by atoms with van der Waals surface area (Å²) in [6.45, 7) is 2.72. The molecule has 0 aliphatic carbocycles. The monoisotopic (exact) mass is 655 g/mol. The Hall–Kier alpha value is -3.94. The summed E-state index contributed by atoms with van der Waals surface area (Å²) in [7, 11) is 0. The van der Waals surface area contributed by atoms with E-state index in [1.54, 1.807) is 24.3 Å². The van der Waals surface area contributed by atoms with E-state index < -0.39 is 6.10 Å². The average molecular weight is 657 g/mol. The van der Waals surface area contributed by atoms with Crippen LogP contribution in [0.1, 0.15) is 29.5 Å². The first kappa shape index (κ1) is 33.4. The molecule has 0 saturated carbocycles. The number of hydrogen-bond acceptors (Lipinski definition) is 4. The van der Waals surface area contributed by atoms with Crippen LogP contribution in [0.2, 0.25) is 10.0 Å². The highest BCUT2D eigenvalue weighted by molar-refractivity contribution is 6.37. The molecule has 5 rings (SSSR count). The molecule has 2 amide bonds. The van der Waals surface area contributed by atoms with Crippen molar-refractivity contribution in [2.75, 3.05) is 26.2 Å². The second kappa shape index (κ2) is 16.6. The first-order valence-corrected chi connectivity index (χ1v) is 16.4. The maximum absolute atomic E-state index is 13.8. The smallest absolute Gasteiger partial charge is 0.244 e. The maximum Gasteiger partial charge on any atom is 0.244 e. The number of halogens is 2. The van der Waals surface area contributed by atoms with E-state index in [9.17, 15) is 14.7 Å². The van der Waals surface area contributed by atoms with Gasteiger partial charge < -0.3 is 15.3 Å². The van der Waals surface area contributed by atoms with E-state index in [1.165, 1.54) is 11.6 Å². The Morgan fingerprint density at radius 3 is 2.09 bits per heavy atom. The number of amides is 2. The van der Waals surface area contributed by atoms with Crippen molar-refractivity contribution in [1.82, 2.24) is 15.1 Å². The van der Waals surface area contributed by atoms with Crippen LogP contribution < -0.4 is 5.32 Å².